The number of hydrogen-bond acceptors (Lipinski definition) is 3. The highest BCUT2D eigenvalue weighted by molar-refractivity contribution is 7.89. The summed E-state index contributed by atoms with van der Waals surface area (Å²) in [5.74, 6) is -1.90. The molecule has 1 fully saturated rings. The normalized spacial score (nSPS) is 16.5. The lowest BCUT2D eigenvalue weighted by Gasteiger charge is -2.25. The Kier molecular flexibility index (Phi) is 6.10. The van der Waals surface area contributed by atoms with E-state index < -0.39 is 33.6 Å². The van der Waals surface area contributed by atoms with Crippen molar-refractivity contribution in [3.63, 3.8) is 0 Å². The van der Waals surface area contributed by atoms with Gasteiger partial charge in [0.1, 0.15) is 11.6 Å². The van der Waals surface area contributed by atoms with Gasteiger partial charge in [0.05, 0.1) is 10.9 Å². The maximum absolute atomic E-state index is 13.9. The molecule has 0 aromatic heterocycles. The molecule has 0 saturated carbocycles. The van der Waals surface area contributed by atoms with E-state index in [0.717, 1.165) is 31.4 Å². The maximum atomic E-state index is 13.9. The summed E-state index contributed by atoms with van der Waals surface area (Å²) in [4.78, 5) is 12.5. The molecule has 1 N–H and O–H groups in total. The third-order valence-corrected chi connectivity index (χ3v) is 6.76. The third kappa shape index (κ3) is 4.39. The van der Waals surface area contributed by atoms with Crippen LogP contribution in [0.2, 0.25) is 0 Å². The average molecular weight is 408 g/mol. The molecule has 28 heavy (non-hydrogen) atoms. The molecule has 0 bridgehead atoms. The van der Waals surface area contributed by atoms with E-state index in [9.17, 15) is 22.0 Å². The summed E-state index contributed by atoms with van der Waals surface area (Å²) in [6, 6.07) is 8.16. The Morgan fingerprint density at radius 1 is 1.04 bits per heavy atom. The molecule has 0 aliphatic carbocycles. The highest BCUT2D eigenvalue weighted by atomic mass is 32.2. The predicted molar refractivity (Wildman–Crippen MR) is 101 cm³/mol. The fourth-order valence-electron chi connectivity index (χ4n) is 3.24. The fourth-order valence-corrected chi connectivity index (χ4v) is 4.76. The van der Waals surface area contributed by atoms with E-state index in [1.54, 1.807) is 6.92 Å². The monoisotopic (exact) mass is 408 g/mol. The van der Waals surface area contributed by atoms with Gasteiger partial charge >= 0.3 is 0 Å². The van der Waals surface area contributed by atoms with Gasteiger partial charge in [-0.25, -0.2) is 17.2 Å². The van der Waals surface area contributed by atoms with Gasteiger partial charge in [0.25, 0.3) is 5.91 Å². The molecule has 1 saturated heterocycles. The number of amides is 1. The van der Waals surface area contributed by atoms with E-state index in [4.69, 9.17) is 0 Å². The minimum Gasteiger partial charge on any atom is -0.345 e. The fraction of sp³-hybridized carbons (Fsp3) is 0.350. The number of hydrogen-bond donors (Lipinski definition) is 1. The molecule has 3 rings (SSSR count). The quantitative estimate of drug-likeness (QED) is 0.822. The van der Waals surface area contributed by atoms with Crippen molar-refractivity contribution >= 4 is 15.9 Å². The minimum absolute atomic E-state index is 0.142. The summed E-state index contributed by atoms with van der Waals surface area (Å²) >= 11 is 0. The first kappa shape index (κ1) is 20.4. The minimum atomic E-state index is -3.56. The Morgan fingerprint density at radius 3 is 2.29 bits per heavy atom. The highest BCUT2D eigenvalue weighted by Gasteiger charge is 2.26. The van der Waals surface area contributed by atoms with Gasteiger partial charge < -0.3 is 5.32 Å². The SMILES string of the molecule is CC(NC(=O)c1ccc(S(=O)(=O)N2CCCCC2)cc1)c1ccc(F)cc1F. The number of nitrogens with one attached hydrogen (secondary N) is 1. The zero-order valence-corrected chi connectivity index (χ0v) is 16.3. The zero-order chi connectivity index (χ0) is 20.3. The lowest BCUT2D eigenvalue weighted by molar-refractivity contribution is 0.0939. The van der Waals surface area contributed by atoms with Crippen LogP contribution in [0.15, 0.2) is 47.4 Å². The van der Waals surface area contributed by atoms with Gasteiger partial charge in [0, 0.05) is 30.3 Å². The molecule has 0 spiro atoms. The van der Waals surface area contributed by atoms with E-state index in [1.807, 2.05) is 0 Å². The van der Waals surface area contributed by atoms with Gasteiger partial charge in [0.2, 0.25) is 10.0 Å². The first-order chi connectivity index (χ1) is 13.3. The summed E-state index contributed by atoms with van der Waals surface area (Å²) in [5, 5.41) is 2.63. The number of benzene rings is 2. The van der Waals surface area contributed by atoms with Crippen LogP contribution in [0.25, 0.3) is 0 Å². The first-order valence-corrected chi connectivity index (χ1v) is 10.6. The van der Waals surface area contributed by atoms with Crippen LogP contribution in [0.1, 0.15) is 48.1 Å². The molecule has 150 valence electrons. The maximum Gasteiger partial charge on any atom is 0.251 e. The molecule has 0 radical (unpaired) electrons. The van der Waals surface area contributed by atoms with Crippen molar-refractivity contribution in [2.45, 2.75) is 37.1 Å². The van der Waals surface area contributed by atoms with Crippen LogP contribution < -0.4 is 5.32 Å². The second kappa shape index (κ2) is 8.36. The zero-order valence-electron chi connectivity index (χ0n) is 15.5. The molecule has 1 unspecified atom stereocenters. The van der Waals surface area contributed by atoms with E-state index in [2.05, 4.69) is 5.32 Å². The molecule has 1 aliphatic rings. The van der Waals surface area contributed by atoms with Crippen molar-refractivity contribution in [1.82, 2.24) is 9.62 Å². The van der Waals surface area contributed by atoms with Gasteiger partial charge in [-0.1, -0.05) is 12.5 Å². The molecule has 1 amide bonds. The standard InChI is InChI=1S/C20H22F2N2O3S/c1-14(18-10-7-16(21)13-19(18)22)23-20(25)15-5-8-17(9-6-15)28(26,27)24-11-3-2-4-12-24/h5-10,13-14H,2-4,11-12H2,1H3,(H,23,25). The van der Waals surface area contributed by atoms with Crippen LogP contribution in [0.4, 0.5) is 8.78 Å². The molecule has 1 heterocycles. The largest absolute Gasteiger partial charge is 0.345 e. The van der Waals surface area contributed by atoms with Gasteiger partial charge in [-0.3, -0.25) is 4.79 Å². The molecule has 2 aromatic carbocycles. The van der Waals surface area contributed by atoms with E-state index in [0.29, 0.717) is 13.1 Å². The molecule has 1 aliphatic heterocycles. The van der Waals surface area contributed by atoms with E-state index >= 15 is 0 Å². The Hall–Kier alpha value is -2.32. The van der Waals surface area contributed by atoms with Gasteiger partial charge in [-0.2, -0.15) is 4.31 Å². The van der Waals surface area contributed by atoms with Crippen molar-refractivity contribution in [2.75, 3.05) is 13.1 Å². The van der Waals surface area contributed by atoms with E-state index in [1.165, 1.54) is 34.6 Å². The van der Waals surface area contributed by atoms with Crippen LogP contribution in [-0.4, -0.2) is 31.7 Å². The van der Waals surface area contributed by atoms with Crippen LogP contribution in [0, 0.1) is 11.6 Å². The Labute approximate surface area is 163 Å². The van der Waals surface area contributed by atoms with Gasteiger partial charge in [-0.15, -0.1) is 0 Å². The number of carbonyl (C=O) groups is 1. The molecule has 1 atom stereocenters. The smallest absolute Gasteiger partial charge is 0.251 e. The Balaban J connectivity index is 1.71. The third-order valence-electron chi connectivity index (χ3n) is 4.85. The van der Waals surface area contributed by atoms with Gasteiger partial charge in [0.15, 0.2) is 0 Å². The number of carbonyl (C=O) groups excluding carboxylic acids is 1. The van der Waals surface area contributed by atoms with Crippen molar-refractivity contribution in [3.8, 4) is 0 Å². The predicted octanol–water partition coefficient (Wildman–Crippen LogP) is 3.63. The Bertz CT molecular complexity index is 956. The summed E-state index contributed by atoms with van der Waals surface area (Å²) in [7, 11) is -3.56. The molecular weight excluding hydrogens is 386 g/mol. The Morgan fingerprint density at radius 2 is 1.68 bits per heavy atom. The lowest BCUT2D eigenvalue weighted by atomic mass is 10.1. The van der Waals surface area contributed by atoms with Crippen LogP contribution >= 0.6 is 0 Å². The lowest BCUT2D eigenvalue weighted by Crippen LogP contribution is -2.35. The number of piperidine rings is 1. The van der Waals surface area contributed by atoms with Crippen LogP contribution in [0.3, 0.4) is 0 Å². The van der Waals surface area contributed by atoms with Crippen molar-refractivity contribution < 1.29 is 22.0 Å². The summed E-state index contributed by atoms with van der Waals surface area (Å²) in [6.45, 7) is 2.60. The van der Waals surface area contributed by atoms with Gasteiger partial charge in [-0.05, 0) is 50.1 Å². The second-order valence-electron chi connectivity index (χ2n) is 6.85. The van der Waals surface area contributed by atoms with Crippen molar-refractivity contribution in [1.29, 1.82) is 0 Å². The second-order valence-corrected chi connectivity index (χ2v) is 8.79. The van der Waals surface area contributed by atoms with Crippen molar-refractivity contribution in [3.05, 3.63) is 65.2 Å². The molecule has 2 aromatic rings. The summed E-state index contributed by atoms with van der Waals surface area (Å²) in [6.07, 6.45) is 2.72. The van der Waals surface area contributed by atoms with E-state index in [-0.39, 0.29) is 16.0 Å². The van der Waals surface area contributed by atoms with Crippen LogP contribution in [-0.2, 0) is 10.0 Å². The van der Waals surface area contributed by atoms with Crippen molar-refractivity contribution in [2.24, 2.45) is 0 Å². The number of halogens is 2. The molecule has 5 nitrogen and oxygen atoms in total. The highest BCUT2D eigenvalue weighted by Crippen LogP contribution is 2.22. The summed E-state index contributed by atoms with van der Waals surface area (Å²) < 4.78 is 53.6. The first-order valence-electron chi connectivity index (χ1n) is 9.15. The topological polar surface area (TPSA) is 66.5 Å². The van der Waals surface area contributed by atoms with Crippen LogP contribution in [0.5, 0.6) is 0 Å². The average Bonchev–Trinajstić information content (AvgIpc) is 2.68. The summed E-state index contributed by atoms with van der Waals surface area (Å²) in [5.41, 5.74) is 0.422. The number of rotatable bonds is 5. The number of nitrogens with zero attached hydrogens (tertiary/aromatic N) is 1. The number of sulfonamides is 1. The molecule has 8 heteroatoms. The molecular formula is C20H22F2N2O3S.